The summed E-state index contributed by atoms with van der Waals surface area (Å²) in [5.41, 5.74) is 2.02. The second-order valence-electron chi connectivity index (χ2n) is 3.75. The van der Waals surface area contributed by atoms with Crippen molar-refractivity contribution in [2.45, 2.75) is 13.3 Å². The molecule has 1 heterocycles. The zero-order valence-electron chi connectivity index (χ0n) is 9.63. The van der Waals surface area contributed by atoms with E-state index in [-0.39, 0.29) is 18.2 Å². The monoisotopic (exact) mass is 235 g/mol. The summed E-state index contributed by atoms with van der Waals surface area (Å²) in [7, 11) is 0. The Hall–Kier alpha value is -1.84. The van der Waals surface area contributed by atoms with Crippen LogP contribution in [-0.4, -0.2) is 19.1 Å². The molecule has 2 rings (SSSR count). The fourth-order valence-corrected chi connectivity index (χ4v) is 1.89. The predicted molar refractivity (Wildman–Crippen MR) is 64.1 cm³/mol. The van der Waals surface area contributed by atoms with Crippen molar-refractivity contribution in [3.8, 4) is 0 Å². The SMILES string of the molecule is CCOC(=O)CC1=CCNc2c(F)cccc21. The van der Waals surface area contributed by atoms with Crippen LogP contribution in [0.1, 0.15) is 18.9 Å². The third kappa shape index (κ3) is 2.46. The number of carbonyl (C=O) groups excluding carboxylic acids is 1. The first kappa shape index (κ1) is 11.6. The normalized spacial score (nSPS) is 13.4. The van der Waals surface area contributed by atoms with Crippen LogP contribution >= 0.6 is 0 Å². The van der Waals surface area contributed by atoms with Crippen molar-refractivity contribution in [3.05, 3.63) is 35.7 Å². The Kier molecular flexibility index (Phi) is 3.42. The van der Waals surface area contributed by atoms with Crippen LogP contribution in [0.3, 0.4) is 0 Å². The molecule has 0 aliphatic carbocycles. The highest BCUT2D eigenvalue weighted by atomic mass is 19.1. The molecule has 0 radical (unpaired) electrons. The molecule has 0 spiro atoms. The Bertz CT molecular complexity index is 468. The molecule has 0 atom stereocenters. The number of rotatable bonds is 3. The van der Waals surface area contributed by atoms with Gasteiger partial charge in [-0.2, -0.15) is 0 Å². The lowest BCUT2D eigenvalue weighted by molar-refractivity contribution is -0.141. The minimum Gasteiger partial charge on any atom is -0.466 e. The smallest absolute Gasteiger partial charge is 0.310 e. The minimum absolute atomic E-state index is 0.186. The highest BCUT2D eigenvalue weighted by molar-refractivity contribution is 5.90. The van der Waals surface area contributed by atoms with Gasteiger partial charge in [-0.3, -0.25) is 4.79 Å². The predicted octanol–water partition coefficient (Wildman–Crippen LogP) is 2.59. The van der Waals surface area contributed by atoms with Crippen LogP contribution in [0.5, 0.6) is 0 Å². The van der Waals surface area contributed by atoms with Crippen molar-refractivity contribution in [2.24, 2.45) is 0 Å². The Balaban J connectivity index is 2.24. The lowest BCUT2D eigenvalue weighted by Gasteiger charge is -2.19. The van der Waals surface area contributed by atoms with Gasteiger partial charge in [0.25, 0.3) is 0 Å². The maximum absolute atomic E-state index is 13.5. The molecule has 17 heavy (non-hydrogen) atoms. The molecule has 0 unspecified atom stereocenters. The summed E-state index contributed by atoms with van der Waals surface area (Å²) in [5.74, 6) is -0.576. The topological polar surface area (TPSA) is 38.3 Å². The van der Waals surface area contributed by atoms with E-state index in [1.54, 1.807) is 19.1 Å². The molecule has 0 saturated heterocycles. The molecule has 1 N–H and O–H groups in total. The molecule has 1 aromatic carbocycles. The number of halogens is 1. The molecule has 1 aliphatic heterocycles. The highest BCUT2D eigenvalue weighted by Gasteiger charge is 2.17. The van der Waals surface area contributed by atoms with Crippen LogP contribution in [0.25, 0.3) is 5.57 Å². The fourth-order valence-electron chi connectivity index (χ4n) is 1.89. The Labute approximate surface area is 99.3 Å². The van der Waals surface area contributed by atoms with E-state index in [2.05, 4.69) is 5.32 Å². The number of hydrogen-bond donors (Lipinski definition) is 1. The van der Waals surface area contributed by atoms with Gasteiger partial charge in [0.2, 0.25) is 0 Å². The molecular formula is C13H14FNO2. The maximum Gasteiger partial charge on any atom is 0.310 e. The van der Waals surface area contributed by atoms with Crippen molar-refractivity contribution in [1.29, 1.82) is 0 Å². The number of nitrogens with one attached hydrogen (secondary N) is 1. The van der Waals surface area contributed by atoms with Gasteiger partial charge in [0.05, 0.1) is 18.7 Å². The number of esters is 1. The van der Waals surface area contributed by atoms with E-state index in [1.807, 2.05) is 6.08 Å². The molecule has 0 amide bonds. The fraction of sp³-hybridized carbons (Fsp3) is 0.308. The number of fused-ring (bicyclic) bond motifs is 1. The average Bonchev–Trinajstić information content (AvgIpc) is 2.31. The van der Waals surface area contributed by atoms with Crippen LogP contribution < -0.4 is 5.32 Å². The summed E-state index contributed by atoms with van der Waals surface area (Å²) in [6, 6.07) is 4.84. The first-order valence-corrected chi connectivity index (χ1v) is 5.59. The third-order valence-electron chi connectivity index (χ3n) is 2.63. The van der Waals surface area contributed by atoms with E-state index >= 15 is 0 Å². The molecule has 4 heteroatoms. The summed E-state index contributed by atoms with van der Waals surface area (Å²) < 4.78 is 18.4. The van der Waals surface area contributed by atoms with Crippen molar-refractivity contribution in [2.75, 3.05) is 18.5 Å². The number of anilines is 1. The van der Waals surface area contributed by atoms with Crippen molar-refractivity contribution in [1.82, 2.24) is 0 Å². The lowest BCUT2D eigenvalue weighted by atomic mass is 9.97. The van der Waals surface area contributed by atoms with Crippen LogP contribution in [-0.2, 0) is 9.53 Å². The van der Waals surface area contributed by atoms with Crippen LogP contribution in [0.4, 0.5) is 10.1 Å². The molecular weight excluding hydrogens is 221 g/mol. The van der Waals surface area contributed by atoms with Crippen molar-refractivity contribution < 1.29 is 13.9 Å². The van der Waals surface area contributed by atoms with Crippen molar-refractivity contribution >= 4 is 17.2 Å². The second-order valence-corrected chi connectivity index (χ2v) is 3.75. The maximum atomic E-state index is 13.5. The van der Waals surface area contributed by atoms with E-state index < -0.39 is 0 Å². The van der Waals surface area contributed by atoms with Gasteiger partial charge in [0.1, 0.15) is 5.82 Å². The molecule has 90 valence electrons. The van der Waals surface area contributed by atoms with Gasteiger partial charge < -0.3 is 10.1 Å². The Morgan fingerprint density at radius 1 is 1.53 bits per heavy atom. The summed E-state index contributed by atoms with van der Waals surface area (Å²) in [4.78, 5) is 11.4. The van der Waals surface area contributed by atoms with Crippen molar-refractivity contribution in [3.63, 3.8) is 0 Å². The number of hydrogen-bond acceptors (Lipinski definition) is 3. The highest BCUT2D eigenvalue weighted by Crippen LogP contribution is 2.31. The van der Waals surface area contributed by atoms with Gasteiger partial charge in [0.15, 0.2) is 0 Å². The number of ether oxygens (including phenoxy) is 1. The van der Waals surface area contributed by atoms with Crippen LogP contribution in [0.15, 0.2) is 24.3 Å². The number of carbonyl (C=O) groups is 1. The molecule has 1 aromatic rings. The summed E-state index contributed by atoms with van der Waals surface area (Å²) in [6.45, 7) is 2.66. The molecule has 1 aliphatic rings. The van der Waals surface area contributed by atoms with Crippen LogP contribution in [0.2, 0.25) is 0 Å². The molecule has 0 bridgehead atoms. The van der Waals surface area contributed by atoms with Gasteiger partial charge in [-0.05, 0) is 18.6 Å². The summed E-state index contributed by atoms with van der Waals surface area (Å²) >= 11 is 0. The molecule has 0 fully saturated rings. The van der Waals surface area contributed by atoms with E-state index in [0.29, 0.717) is 18.8 Å². The molecule has 0 aromatic heterocycles. The first-order chi connectivity index (χ1) is 8.22. The third-order valence-corrected chi connectivity index (χ3v) is 2.63. The summed E-state index contributed by atoms with van der Waals surface area (Å²) in [5, 5.41) is 2.96. The van der Waals surface area contributed by atoms with E-state index in [1.165, 1.54) is 6.07 Å². The van der Waals surface area contributed by atoms with Gasteiger partial charge in [-0.15, -0.1) is 0 Å². The Morgan fingerprint density at radius 2 is 2.35 bits per heavy atom. The van der Waals surface area contributed by atoms with E-state index in [0.717, 1.165) is 11.1 Å². The van der Waals surface area contributed by atoms with Gasteiger partial charge in [-0.25, -0.2) is 4.39 Å². The molecule has 3 nitrogen and oxygen atoms in total. The largest absolute Gasteiger partial charge is 0.466 e. The summed E-state index contributed by atoms with van der Waals surface area (Å²) in [6.07, 6.45) is 2.07. The standard InChI is InChI=1S/C13H14FNO2/c1-2-17-12(16)8-9-6-7-15-13-10(9)4-3-5-11(13)14/h3-6,15H,2,7-8H2,1H3. The van der Waals surface area contributed by atoms with Gasteiger partial charge in [-0.1, -0.05) is 18.2 Å². The average molecular weight is 235 g/mol. The van der Waals surface area contributed by atoms with Crippen LogP contribution in [0, 0.1) is 5.82 Å². The quantitative estimate of drug-likeness (QED) is 0.818. The lowest BCUT2D eigenvalue weighted by Crippen LogP contribution is -2.13. The Morgan fingerprint density at radius 3 is 3.12 bits per heavy atom. The number of benzene rings is 1. The van der Waals surface area contributed by atoms with E-state index in [4.69, 9.17) is 4.74 Å². The molecule has 0 saturated carbocycles. The number of para-hydroxylation sites is 1. The zero-order valence-corrected chi connectivity index (χ0v) is 9.63. The van der Waals surface area contributed by atoms with Gasteiger partial charge >= 0.3 is 5.97 Å². The second kappa shape index (κ2) is 4.99. The zero-order chi connectivity index (χ0) is 12.3. The first-order valence-electron chi connectivity index (χ1n) is 5.59. The van der Waals surface area contributed by atoms with Gasteiger partial charge in [0, 0.05) is 12.1 Å². The van der Waals surface area contributed by atoms with E-state index in [9.17, 15) is 9.18 Å². The minimum atomic E-state index is -0.294.